The zero-order chi connectivity index (χ0) is 23.7. The predicted molar refractivity (Wildman–Crippen MR) is 137 cm³/mol. The van der Waals surface area contributed by atoms with Crippen molar-refractivity contribution in [3.05, 3.63) is 53.3 Å². The van der Waals surface area contributed by atoms with Crippen molar-refractivity contribution < 1.29 is 4.58 Å². The van der Waals surface area contributed by atoms with Gasteiger partial charge in [-0.3, -0.25) is 4.58 Å². The molecule has 0 radical (unpaired) electrons. The fourth-order valence-corrected chi connectivity index (χ4v) is 4.51. The lowest BCUT2D eigenvalue weighted by Gasteiger charge is -2.34. The number of rotatable bonds is 3. The quantitative estimate of drug-likeness (QED) is 0.364. The first-order valence-electron chi connectivity index (χ1n) is 11.5. The van der Waals surface area contributed by atoms with Crippen LogP contribution in [0.2, 0.25) is 0 Å². The molecule has 0 fully saturated rings. The second-order valence-corrected chi connectivity index (χ2v) is 11.0. The molecule has 0 saturated heterocycles. The molecule has 1 aliphatic carbocycles. The van der Waals surface area contributed by atoms with E-state index in [4.69, 9.17) is 16.8 Å². The largest absolute Gasteiger partial charge is 0.349 e. The number of halogens is 1. The molecule has 32 heavy (non-hydrogen) atoms. The summed E-state index contributed by atoms with van der Waals surface area (Å²) in [6.45, 7) is 15.2. The molecule has 0 spiro atoms. The number of benzene rings is 1. The molecule has 5 nitrogen and oxygen atoms in total. The van der Waals surface area contributed by atoms with Crippen LogP contribution in [-0.2, 0) is 5.41 Å². The monoisotopic (exact) mass is 456 g/mol. The average Bonchev–Trinajstić information content (AvgIpc) is 2.72. The summed E-state index contributed by atoms with van der Waals surface area (Å²) in [5.41, 5.74) is 4.62. The fourth-order valence-electron chi connectivity index (χ4n) is 4.34. The van der Waals surface area contributed by atoms with Crippen LogP contribution in [0.25, 0.3) is 0 Å². The summed E-state index contributed by atoms with van der Waals surface area (Å²) in [5.74, 6) is 1.86. The summed E-state index contributed by atoms with van der Waals surface area (Å²) in [6.07, 6.45) is 6.68. The molecule has 0 unspecified atom stereocenters. The molecule has 1 aromatic rings. The van der Waals surface area contributed by atoms with Crippen molar-refractivity contribution in [2.24, 2.45) is 10.4 Å². The zero-order valence-electron chi connectivity index (χ0n) is 21.0. The Bertz CT molecular complexity index is 973. The van der Waals surface area contributed by atoms with Gasteiger partial charge in [0, 0.05) is 24.4 Å². The maximum atomic E-state index is 6.42. The number of hydrogen-bond donors (Lipinski definition) is 1. The van der Waals surface area contributed by atoms with E-state index in [1.165, 1.54) is 11.1 Å². The minimum atomic E-state index is -0.00157. The highest BCUT2D eigenvalue weighted by Gasteiger charge is 2.40. The van der Waals surface area contributed by atoms with Crippen molar-refractivity contribution in [1.82, 2.24) is 14.9 Å². The van der Waals surface area contributed by atoms with Gasteiger partial charge in [0.15, 0.2) is 0 Å². The number of allylic oxidation sites excluding steroid dienone is 3. The summed E-state index contributed by atoms with van der Waals surface area (Å²) in [6, 6.07) is 8.42. The van der Waals surface area contributed by atoms with Gasteiger partial charge in [-0.05, 0) is 41.4 Å². The van der Waals surface area contributed by atoms with Gasteiger partial charge >= 0.3 is 5.84 Å². The van der Waals surface area contributed by atoms with Crippen LogP contribution >= 0.6 is 11.8 Å². The number of hydrazine groups is 1. The van der Waals surface area contributed by atoms with Gasteiger partial charge in [-0.15, -0.1) is 5.01 Å². The van der Waals surface area contributed by atoms with Gasteiger partial charge in [-0.25, -0.2) is 4.99 Å². The van der Waals surface area contributed by atoms with Crippen LogP contribution < -0.4 is 4.94 Å². The second-order valence-electron chi connectivity index (χ2n) is 10.8. The summed E-state index contributed by atoms with van der Waals surface area (Å²) in [4.78, 5) is 10.4. The van der Waals surface area contributed by atoms with Crippen LogP contribution in [0.3, 0.4) is 0 Å². The van der Waals surface area contributed by atoms with E-state index in [2.05, 4.69) is 106 Å². The van der Waals surface area contributed by atoms with Crippen molar-refractivity contribution in [3.63, 3.8) is 0 Å². The van der Waals surface area contributed by atoms with Crippen LogP contribution in [0, 0.1) is 5.41 Å². The average molecular weight is 457 g/mol. The van der Waals surface area contributed by atoms with E-state index in [0.29, 0.717) is 0 Å². The summed E-state index contributed by atoms with van der Waals surface area (Å²) in [7, 11) is 4.21. The number of nitrogens with one attached hydrogen (secondary N) is 1. The van der Waals surface area contributed by atoms with Gasteiger partial charge in [0.2, 0.25) is 5.84 Å². The standard InChI is InChI=1S/C26H39ClN5/c1-25(2,3)19-13-9-11-15-21(19)28-23-24(31(8)18-17-30(23)7)32(29-27)22-16-12-10-14-20(22)26(4,5)6/h9,11,13-16,29H,10,12,17-18H2,1-8H3/q+1. The van der Waals surface area contributed by atoms with Gasteiger partial charge in [0.05, 0.1) is 19.3 Å². The highest BCUT2D eigenvalue weighted by atomic mass is 35.5. The smallest absolute Gasteiger partial charge is 0.340 e. The number of hydrogen-bond acceptors (Lipinski definition) is 3. The zero-order valence-corrected chi connectivity index (χ0v) is 21.7. The van der Waals surface area contributed by atoms with Crippen molar-refractivity contribution in [3.8, 4) is 0 Å². The lowest BCUT2D eigenvalue weighted by molar-refractivity contribution is -0.503. The minimum absolute atomic E-state index is 0.00157. The number of amidine groups is 2. The minimum Gasteiger partial charge on any atom is -0.349 e. The molecular weight excluding hydrogens is 418 g/mol. The van der Waals surface area contributed by atoms with Gasteiger partial charge in [-0.1, -0.05) is 70.8 Å². The normalized spacial score (nSPS) is 19.3. The van der Waals surface area contributed by atoms with Crippen molar-refractivity contribution in [2.45, 2.75) is 59.8 Å². The number of aliphatic imine (C=N–C) groups is 1. The van der Waals surface area contributed by atoms with Gasteiger partial charge < -0.3 is 4.90 Å². The molecule has 0 amide bonds. The molecule has 174 valence electrons. The third-order valence-corrected chi connectivity index (χ3v) is 6.28. The van der Waals surface area contributed by atoms with E-state index in [9.17, 15) is 0 Å². The molecule has 0 atom stereocenters. The van der Waals surface area contributed by atoms with E-state index in [1.807, 2.05) is 5.01 Å². The van der Waals surface area contributed by atoms with Crippen LogP contribution in [0.15, 0.2) is 52.7 Å². The highest BCUT2D eigenvalue weighted by molar-refractivity contribution is 6.39. The molecular formula is C26H39ClN5+. The topological polar surface area (TPSA) is 33.9 Å². The van der Waals surface area contributed by atoms with Gasteiger partial charge in [-0.2, -0.15) is 0 Å². The third kappa shape index (κ3) is 5.10. The first-order valence-corrected chi connectivity index (χ1v) is 11.9. The number of likely N-dealkylation sites (N-methyl/N-ethyl adjacent to an activating group) is 2. The molecule has 1 aliphatic heterocycles. The van der Waals surface area contributed by atoms with Gasteiger partial charge in [0.25, 0.3) is 0 Å². The molecule has 0 saturated carbocycles. The molecule has 3 rings (SSSR count). The molecule has 0 bridgehead atoms. The Balaban J connectivity index is 2.16. The first kappa shape index (κ1) is 24.5. The molecule has 0 aromatic heterocycles. The van der Waals surface area contributed by atoms with E-state index >= 15 is 0 Å². The van der Waals surface area contributed by atoms with Crippen LogP contribution in [-0.4, -0.2) is 53.3 Å². The third-order valence-electron chi connectivity index (χ3n) is 6.11. The van der Waals surface area contributed by atoms with Crippen LogP contribution in [0.5, 0.6) is 0 Å². The Morgan fingerprint density at radius 3 is 2.31 bits per heavy atom. The molecule has 1 N–H and O–H groups in total. The Morgan fingerprint density at radius 2 is 1.69 bits per heavy atom. The lowest BCUT2D eigenvalue weighted by Crippen LogP contribution is -2.56. The Morgan fingerprint density at radius 1 is 1.03 bits per heavy atom. The summed E-state index contributed by atoms with van der Waals surface area (Å²) >= 11 is 6.42. The Hall–Kier alpha value is -2.11. The fraction of sp³-hybridized carbons (Fsp3) is 0.538. The van der Waals surface area contributed by atoms with E-state index in [-0.39, 0.29) is 10.8 Å². The second kappa shape index (κ2) is 9.40. The van der Waals surface area contributed by atoms with E-state index in [0.717, 1.165) is 49.0 Å². The first-order chi connectivity index (χ1) is 14.9. The molecule has 1 aromatic carbocycles. The summed E-state index contributed by atoms with van der Waals surface area (Å²) < 4.78 is 2.24. The van der Waals surface area contributed by atoms with E-state index in [1.54, 1.807) is 0 Å². The Kier molecular flexibility index (Phi) is 7.21. The molecule has 1 heterocycles. The Labute approximate surface area is 199 Å². The maximum absolute atomic E-state index is 6.42. The SMILES string of the molecule is CN1CC[N+](C)=C(N(NCl)C2=CCCC=C2C(C)(C)C)C1=Nc1ccccc1C(C)(C)C. The number of nitrogens with zero attached hydrogens (tertiary/aromatic N) is 4. The van der Waals surface area contributed by atoms with Gasteiger partial charge in [0.1, 0.15) is 12.2 Å². The van der Waals surface area contributed by atoms with Crippen molar-refractivity contribution in [2.75, 3.05) is 27.2 Å². The van der Waals surface area contributed by atoms with Crippen molar-refractivity contribution >= 4 is 29.1 Å². The van der Waals surface area contributed by atoms with Crippen LogP contribution in [0.4, 0.5) is 5.69 Å². The predicted octanol–water partition coefficient (Wildman–Crippen LogP) is 5.61. The van der Waals surface area contributed by atoms with Crippen LogP contribution in [0.1, 0.15) is 59.9 Å². The number of para-hydroxylation sites is 1. The lowest BCUT2D eigenvalue weighted by atomic mass is 9.81. The molecule has 2 aliphatic rings. The summed E-state index contributed by atoms with van der Waals surface area (Å²) in [5, 5.41) is 2.01. The molecule has 6 heteroatoms. The van der Waals surface area contributed by atoms with E-state index < -0.39 is 0 Å². The maximum Gasteiger partial charge on any atom is 0.340 e. The van der Waals surface area contributed by atoms with Crippen molar-refractivity contribution in [1.29, 1.82) is 0 Å². The highest BCUT2D eigenvalue weighted by Crippen LogP contribution is 2.37.